The summed E-state index contributed by atoms with van der Waals surface area (Å²) in [6.07, 6.45) is 1.43. The van der Waals surface area contributed by atoms with Crippen molar-refractivity contribution in [3.05, 3.63) is 35.5 Å². The summed E-state index contributed by atoms with van der Waals surface area (Å²) >= 11 is 0. The number of aromatic nitrogens is 2. The highest BCUT2D eigenvalue weighted by Gasteiger charge is 2.22. The monoisotopic (exact) mass is 221 g/mol. The molecule has 0 amide bonds. The Morgan fingerprint density at radius 3 is 2.62 bits per heavy atom. The van der Waals surface area contributed by atoms with Crippen molar-refractivity contribution >= 4 is 5.65 Å². The molecule has 3 nitrogen and oxygen atoms in total. The number of imidazole rings is 1. The van der Waals surface area contributed by atoms with E-state index in [1.54, 1.807) is 10.5 Å². The summed E-state index contributed by atoms with van der Waals surface area (Å²) < 4.78 is 14.9. The first-order chi connectivity index (χ1) is 7.43. The second-order valence-electron chi connectivity index (χ2n) is 4.94. The van der Waals surface area contributed by atoms with Crippen LogP contribution >= 0.6 is 0 Å². The Hall–Kier alpha value is -1.42. The van der Waals surface area contributed by atoms with Crippen LogP contribution in [0.5, 0.6) is 0 Å². The third-order valence-electron chi connectivity index (χ3n) is 2.59. The van der Waals surface area contributed by atoms with Crippen LogP contribution in [0.1, 0.15) is 32.2 Å². The van der Waals surface area contributed by atoms with E-state index in [9.17, 15) is 4.39 Å². The molecule has 0 fully saturated rings. The van der Waals surface area contributed by atoms with Crippen molar-refractivity contribution in [2.24, 2.45) is 5.73 Å². The van der Waals surface area contributed by atoms with Gasteiger partial charge in [-0.3, -0.25) is 4.40 Å². The van der Waals surface area contributed by atoms with E-state index in [1.165, 1.54) is 12.3 Å². The fraction of sp³-hybridized carbons (Fsp3) is 0.417. The standard InChI is InChI=1S/C12H16FN3/c1-12(2,3)11-9(6-14)16-7-8(13)4-5-10(16)15-11/h4-5,7H,6,14H2,1-3H3. The van der Waals surface area contributed by atoms with Crippen molar-refractivity contribution in [1.29, 1.82) is 0 Å². The predicted molar refractivity (Wildman–Crippen MR) is 61.7 cm³/mol. The first-order valence-electron chi connectivity index (χ1n) is 5.30. The van der Waals surface area contributed by atoms with Gasteiger partial charge < -0.3 is 5.73 Å². The lowest BCUT2D eigenvalue weighted by Gasteiger charge is -2.17. The van der Waals surface area contributed by atoms with Crippen LogP contribution in [0.3, 0.4) is 0 Å². The molecule has 16 heavy (non-hydrogen) atoms. The molecule has 0 saturated carbocycles. The number of halogens is 1. The van der Waals surface area contributed by atoms with Gasteiger partial charge in [0.05, 0.1) is 11.4 Å². The molecular formula is C12H16FN3. The van der Waals surface area contributed by atoms with Crippen LogP contribution in [0.2, 0.25) is 0 Å². The molecule has 4 heteroatoms. The van der Waals surface area contributed by atoms with E-state index in [4.69, 9.17) is 5.73 Å². The van der Waals surface area contributed by atoms with E-state index < -0.39 is 0 Å². The van der Waals surface area contributed by atoms with E-state index in [0.29, 0.717) is 6.54 Å². The lowest BCUT2D eigenvalue weighted by atomic mass is 9.91. The fourth-order valence-corrected chi connectivity index (χ4v) is 1.86. The molecule has 2 aromatic rings. The molecule has 0 aliphatic carbocycles. The summed E-state index contributed by atoms with van der Waals surface area (Å²) in [6, 6.07) is 3.08. The molecule has 2 N–H and O–H groups in total. The van der Waals surface area contributed by atoms with Gasteiger partial charge >= 0.3 is 0 Å². The van der Waals surface area contributed by atoms with Crippen molar-refractivity contribution in [2.75, 3.05) is 0 Å². The van der Waals surface area contributed by atoms with Gasteiger partial charge in [0.2, 0.25) is 0 Å². The lowest BCUT2D eigenvalue weighted by molar-refractivity contribution is 0.563. The normalized spacial score (nSPS) is 12.3. The number of pyridine rings is 1. The Bertz CT molecular complexity index is 523. The smallest absolute Gasteiger partial charge is 0.139 e. The number of rotatable bonds is 1. The number of hydrogen-bond acceptors (Lipinski definition) is 2. The van der Waals surface area contributed by atoms with Gasteiger partial charge in [0.25, 0.3) is 0 Å². The number of nitrogens with zero attached hydrogens (tertiary/aromatic N) is 2. The van der Waals surface area contributed by atoms with E-state index in [1.807, 2.05) is 0 Å². The van der Waals surface area contributed by atoms with Crippen molar-refractivity contribution in [1.82, 2.24) is 9.38 Å². The lowest BCUT2D eigenvalue weighted by Crippen LogP contribution is -2.16. The molecule has 2 rings (SSSR count). The van der Waals surface area contributed by atoms with E-state index in [0.717, 1.165) is 17.0 Å². The minimum absolute atomic E-state index is 0.0861. The Labute approximate surface area is 94.1 Å². The molecular weight excluding hydrogens is 205 g/mol. The maximum atomic E-state index is 13.2. The van der Waals surface area contributed by atoms with Crippen LogP contribution in [0.15, 0.2) is 18.3 Å². The quantitative estimate of drug-likeness (QED) is 0.802. The van der Waals surface area contributed by atoms with Crippen LogP contribution in [-0.2, 0) is 12.0 Å². The molecule has 0 atom stereocenters. The van der Waals surface area contributed by atoms with Gasteiger partial charge in [0.15, 0.2) is 0 Å². The Kier molecular flexibility index (Phi) is 2.46. The zero-order valence-corrected chi connectivity index (χ0v) is 9.79. The fourth-order valence-electron chi connectivity index (χ4n) is 1.86. The summed E-state index contributed by atoms with van der Waals surface area (Å²) in [5.74, 6) is -0.278. The second-order valence-corrected chi connectivity index (χ2v) is 4.94. The van der Waals surface area contributed by atoms with Crippen LogP contribution in [0, 0.1) is 5.82 Å². The summed E-state index contributed by atoms with van der Waals surface area (Å²) in [6.45, 7) is 6.58. The van der Waals surface area contributed by atoms with Gasteiger partial charge in [0.1, 0.15) is 11.5 Å². The molecule has 2 heterocycles. The maximum Gasteiger partial charge on any atom is 0.139 e. The van der Waals surface area contributed by atoms with Crippen molar-refractivity contribution in [3.63, 3.8) is 0 Å². The van der Waals surface area contributed by atoms with E-state index in [2.05, 4.69) is 25.8 Å². The minimum atomic E-state index is -0.278. The highest BCUT2D eigenvalue weighted by atomic mass is 19.1. The number of nitrogens with two attached hydrogens (primary N) is 1. The summed E-state index contributed by atoms with van der Waals surface area (Å²) in [4.78, 5) is 4.51. The van der Waals surface area contributed by atoms with Crippen molar-refractivity contribution in [3.8, 4) is 0 Å². The first kappa shape index (κ1) is 11.1. The van der Waals surface area contributed by atoms with Gasteiger partial charge in [-0.05, 0) is 12.1 Å². The predicted octanol–water partition coefficient (Wildman–Crippen LogP) is 2.23. The number of fused-ring (bicyclic) bond motifs is 1. The molecule has 86 valence electrons. The third kappa shape index (κ3) is 1.69. The van der Waals surface area contributed by atoms with Crippen molar-refractivity contribution in [2.45, 2.75) is 32.7 Å². The maximum absolute atomic E-state index is 13.2. The SMILES string of the molecule is CC(C)(C)c1nc2ccc(F)cn2c1CN. The molecule has 0 aliphatic heterocycles. The van der Waals surface area contributed by atoms with Crippen LogP contribution in [0.4, 0.5) is 4.39 Å². The zero-order chi connectivity index (χ0) is 11.9. The van der Waals surface area contributed by atoms with Gasteiger partial charge in [-0.1, -0.05) is 20.8 Å². The molecule has 0 unspecified atom stereocenters. The Morgan fingerprint density at radius 2 is 2.06 bits per heavy atom. The van der Waals surface area contributed by atoms with Gasteiger partial charge in [-0.25, -0.2) is 9.37 Å². The summed E-state index contributed by atoms with van der Waals surface area (Å²) in [7, 11) is 0. The number of hydrogen-bond donors (Lipinski definition) is 1. The summed E-state index contributed by atoms with van der Waals surface area (Å²) in [5, 5.41) is 0. The third-order valence-corrected chi connectivity index (χ3v) is 2.59. The molecule has 2 aromatic heterocycles. The van der Waals surface area contributed by atoms with Gasteiger partial charge in [0, 0.05) is 18.2 Å². The highest BCUT2D eigenvalue weighted by Crippen LogP contribution is 2.26. The average Bonchev–Trinajstić information content (AvgIpc) is 2.54. The molecule has 0 aromatic carbocycles. The molecule has 0 radical (unpaired) electrons. The highest BCUT2D eigenvalue weighted by molar-refractivity contribution is 5.45. The second kappa shape index (κ2) is 3.56. The van der Waals surface area contributed by atoms with Crippen LogP contribution < -0.4 is 5.73 Å². The van der Waals surface area contributed by atoms with Gasteiger partial charge in [-0.15, -0.1) is 0 Å². The first-order valence-corrected chi connectivity index (χ1v) is 5.30. The van der Waals surface area contributed by atoms with Crippen molar-refractivity contribution < 1.29 is 4.39 Å². The van der Waals surface area contributed by atoms with E-state index >= 15 is 0 Å². The molecule has 0 spiro atoms. The Morgan fingerprint density at radius 1 is 1.38 bits per heavy atom. The zero-order valence-electron chi connectivity index (χ0n) is 9.79. The largest absolute Gasteiger partial charge is 0.325 e. The summed E-state index contributed by atoms with van der Waals surface area (Å²) in [5.41, 5.74) is 8.19. The molecule has 0 saturated heterocycles. The molecule has 0 bridgehead atoms. The van der Waals surface area contributed by atoms with Crippen LogP contribution in [-0.4, -0.2) is 9.38 Å². The van der Waals surface area contributed by atoms with Gasteiger partial charge in [-0.2, -0.15) is 0 Å². The topological polar surface area (TPSA) is 43.3 Å². The van der Waals surface area contributed by atoms with Crippen LogP contribution in [0.25, 0.3) is 5.65 Å². The average molecular weight is 221 g/mol. The Balaban J connectivity index is 2.77. The minimum Gasteiger partial charge on any atom is -0.325 e. The van der Waals surface area contributed by atoms with E-state index in [-0.39, 0.29) is 11.2 Å². The molecule has 0 aliphatic rings.